The summed E-state index contributed by atoms with van der Waals surface area (Å²) in [5.74, 6) is 0.160. The number of carbonyl (C=O) groups excluding carboxylic acids is 1. The van der Waals surface area contributed by atoms with E-state index in [9.17, 15) is 13.2 Å². The van der Waals surface area contributed by atoms with E-state index in [0.29, 0.717) is 22.7 Å². The molecule has 0 heterocycles. The second-order valence-corrected chi connectivity index (χ2v) is 9.73. The largest absolute Gasteiger partial charge is 0.483 e. The number of carbonyl (C=O) groups is 1. The van der Waals surface area contributed by atoms with Gasteiger partial charge in [-0.15, -0.1) is 0 Å². The average molecular weight is 453 g/mol. The molecule has 0 aromatic heterocycles. The Kier molecular flexibility index (Phi) is 6.89. The van der Waals surface area contributed by atoms with Crippen LogP contribution in [-0.2, 0) is 14.8 Å². The van der Waals surface area contributed by atoms with Crippen LogP contribution in [-0.4, -0.2) is 20.9 Å². The molecule has 1 amide bonds. The summed E-state index contributed by atoms with van der Waals surface area (Å²) in [6, 6.07) is 15.8. The monoisotopic (exact) mass is 452 g/mol. The maximum atomic E-state index is 12.8. The van der Waals surface area contributed by atoms with Crippen LogP contribution in [0.2, 0.25) is 0 Å². The lowest BCUT2D eigenvalue weighted by atomic mass is 10.1. The van der Waals surface area contributed by atoms with Gasteiger partial charge in [-0.2, -0.15) is 0 Å². The van der Waals surface area contributed by atoms with Crippen molar-refractivity contribution < 1.29 is 17.9 Å². The predicted molar refractivity (Wildman–Crippen MR) is 128 cm³/mol. The van der Waals surface area contributed by atoms with Crippen molar-refractivity contribution in [3.63, 3.8) is 0 Å². The Bertz CT molecular complexity index is 1250. The van der Waals surface area contributed by atoms with Gasteiger partial charge < -0.3 is 10.1 Å². The highest BCUT2D eigenvalue weighted by Crippen LogP contribution is 2.24. The molecular formula is C25H28N2O4S. The second-order valence-electron chi connectivity index (χ2n) is 8.05. The van der Waals surface area contributed by atoms with Crippen LogP contribution in [0, 0.1) is 34.6 Å². The van der Waals surface area contributed by atoms with Crippen molar-refractivity contribution in [1.82, 2.24) is 0 Å². The summed E-state index contributed by atoms with van der Waals surface area (Å²) in [5, 5.41) is 2.81. The van der Waals surface area contributed by atoms with Crippen molar-refractivity contribution in [3.8, 4) is 5.75 Å². The number of hydrogen-bond acceptors (Lipinski definition) is 4. The maximum Gasteiger partial charge on any atom is 0.262 e. The van der Waals surface area contributed by atoms with Crippen molar-refractivity contribution in [2.75, 3.05) is 16.6 Å². The highest BCUT2D eigenvalue weighted by Gasteiger charge is 2.16. The summed E-state index contributed by atoms with van der Waals surface area (Å²) in [7, 11) is -3.75. The van der Waals surface area contributed by atoms with E-state index >= 15 is 0 Å². The summed E-state index contributed by atoms with van der Waals surface area (Å²) in [6.07, 6.45) is 0. The predicted octanol–water partition coefficient (Wildman–Crippen LogP) is 5.05. The first-order chi connectivity index (χ1) is 15.0. The minimum absolute atomic E-state index is 0.125. The highest BCUT2D eigenvalue weighted by atomic mass is 32.2. The average Bonchev–Trinajstić information content (AvgIpc) is 2.68. The maximum absolute atomic E-state index is 12.8. The standard InChI is InChI=1S/C25H28N2O4S/c1-16-10-17(2)12-22(11-16)26-25(28)15-31-24-9-8-23(14-20(24)5)32(29,30)27-21-7-6-18(3)19(4)13-21/h6-14,27H,15H2,1-5H3,(H,26,28). The molecule has 0 saturated heterocycles. The van der Waals surface area contributed by atoms with Crippen LogP contribution in [0.5, 0.6) is 5.75 Å². The van der Waals surface area contributed by atoms with E-state index < -0.39 is 10.0 Å². The van der Waals surface area contributed by atoms with Gasteiger partial charge in [0.25, 0.3) is 15.9 Å². The van der Waals surface area contributed by atoms with Gasteiger partial charge in [0.2, 0.25) is 0 Å². The van der Waals surface area contributed by atoms with E-state index in [-0.39, 0.29) is 17.4 Å². The number of benzene rings is 3. The zero-order valence-corrected chi connectivity index (χ0v) is 19.8. The Morgan fingerprint density at radius 3 is 2.09 bits per heavy atom. The fourth-order valence-electron chi connectivity index (χ4n) is 3.36. The summed E-state index contributed by atoms with van der Waals surface area (Å²) in [5.41, 5.74) is 6.05. The number of aryl methyl sites for hydroxylation is 5. The first-order valence-corrected chi connectivity index (χ1v) is 11.7. The van der Waals surface area contributed by atoms with Crippen LogP contribution in [0.4, 0.5) is 11.4 Å². The van der Waals surface area contributed by atoms with Gasteiger partial charge in [0.15, 0.2) is 6.61 Å². The zero-order chi connectivity index (χ0) is 23.5. The topological polar surface area (TPSA) is 84.5 Å². The molecule has 3 aromatic rings. The fourth-order valence-corrected chi connectivity index (χ4v) is 4.49. The molecule has 32 heavy (non-hydrogen) atoms. The molecular weight excluding hydrogens is 424 g/mol. The fraction of sp³-hybridized carbons (Fsp3) is 0.240. The highest BCUT2D eigenvalue weighted by molar-refractivity contribution is 7.92. The van der Waals surface area contributed by atoms with Crippen molar-refractivity contribution in [2.45, 2.75) is 39.5 Å². The van der Waals surface area contributed by atoms with Gasteiger partial charge in [0, 0.05) is 11.4 Å². The van der Waals surface area contributed by atoms with Crippen molar-refractivity contribution in [2.24, 2.45) is 0 Å². The van der Waals surface area contributed by atoms with E-state index in [1.165, 1.54) is 12.1 Å². The number of ether oxygens (including phenoxy) is 1. The molecule has 6 nitrogen and oxygen atoms in total. The molecule has 0 spiro atoms. The molecule has 0 aliphatic carbocycles. The molecule has 168 valence electrons. The molecule has 0 aliphatic heterocycles. The summed E-state index contributed by atoms with van der Waals surface area (Å²) in [6.45, 7) is 9.39. The van der Waals surface area contributed by atoms with Crippen LogP contribution in [0.1, 0.15) is 27.8 Å². The number of amides is 1. The van der Waals surface area contributed by atoms with E-state index in [4.69, 9.17) is 4.74 Å². The number of anilines is 2. The van der Waals surface area contributed by atoms with Gasteiger partial charge in [-0.25, -0.2) is 8.42 Å². The molecule has 0 atom stereocenters. The number of rotatable bonds is 7. The molecule has 0 aliphatic rings. The Morgan fingerprint density at radius 2 is 1.47 bits per heavy atom. The Balaban J connectivity index is 1.66. The van der Waals surface area contributed by atoms with Crippen LogP contribution < -0.4 is 14.8 Å². The van der Waals surface area contributed by atoms with Crippen LogP contribution in [0.15, 0.2) is 59.5 Å². The molecule has 2 N–H and O–H groups in total. The van der Waals surface area contributed by atoms with Gasteiger partial charge in [-0.05, 0) is 105 Å². The SMILES string of the molecule is Cc1cc(C)cc(NC(=O)COc2ccc(S(=O)(=O)Nc3ccc(C)c(C)c3)cc2C)c1. The minimum atomic E-state index is -3.75. The molecule has 0 bridgehead atoms. The third-order valence-corrected chi connectivity index (χ3v) is 6.46. The lowest BCUT2D eigenvalue weighted by molar-refractivity contribution is -0.118. The normalized spacial score (nSPS) is 11.2. The Hall–Kier alpha value is -3.32. The smallest absolute Gasteiger partial charge is 0.262 e. The van der Waals surface area contributed by atoms with Crippen molar-refractivity contribution in [3.05, 3.63) is 82.4 Å². The third-order valence-electron chi connectivity index (χ3n) is 5.08. The summed E-state index contributed by atoms with van der Waals surface area (Å²) >= 11 is 0. The van der Waals surface area contributed by atoms with Crippen LogP contribution in [0.25, 0.3) is 0 Å². The minimum Gasteiger partial charge on any atom is -0.483 e. The van der Waals surface area contributed by atoms with Gasteiger partial charge in [0.05, 0.1) is 4.90 Å². The zero-order valence-electron chi connectivity index (χ0n) is 18.9. The van der Waals surface area contributed by atoms with E-state index in [0.717, 1.165) is 22.3 Å². The van der Waals surface area contributed by atoms with Gasteiger partial charge in [-0.1, -0.05) is 12.1 Å². The Morgan fingerprint density at radius 1 is 0.781 bits per heavy atom. The molecule has 0 saturated carbocycles. The lowest BCUT2D eigenvalue weighted by Crippen LogP contribution is -2.20. The quantitative estimate of drug-likeness (QED) is 0.526. The van der Waals surface area contributed by atoms with Crippen molar-refractivity contribution >= 4 is 27.3 Å². The third kappa shape index (κ3) is 5.88. The van der Waals surface area contributed by atoms with Gasteiger partial charge in [-0.3, -0.25) is 9.52 Å². The van der Waals surface area contributed by atoms with E-state index in [1.54, 1.807) is 25.1 Å². The Labute approximate surface area is 189 Å². The molecule has 0 unspecified atom stereocenters. The molecule has 0 radical (unpaired) electrons. The number of sulfonamides is 1. The number of hydrogen-bond donors (Lipinski definition) is 2. The van der Waals surface area contributed by atoms with Gasteiger partial charge >= 0.3 is 0 Å². The van der Waals surface area contributed by atoms with E-state index in [2.05, 4.69) is 10.0 Å². The van der Waals surface area contributed by atoms with Crippen LogP contribution in [0.3, 0.4) is 0 Å². The number of nitrogens with one attached hydrogen (secondary N) is 2. The molecule has 7 heteroatoms. The first-order valence-electron chi connectivity index (χ1n) is 10.3. The molecule has 0 fully saturated rings. The van der Waals surface area contributed by atoms with Crippen molar-refractivity contribution in [1.29, 1.82) is 0 Å². The lowest BCUT2D eigenvalue weighted by Gasteiger charge is -2.13. The molecule has 3 aromatic carbocycles. The first kappa shape index (κ1) is 23.3. The second kappa shape index (κ2) is 9.44. The van der Waals surface area contributed by atoms with E-state index in [1.807, 2.05) is 52.0 Å². The van der Waals surface area contributed by atoms with Crippen LogP contribution >= 0.6 is 0 Å². The summed E-state index contributed by atoms with van der Waals surface area (Å²) < 4.78 is 33.8. The molecule has 3 rings (SSSR count). The van der Waals surface area contributed by atoms with Gasteiger partial charge in [0.1, 0.15) is 5.75 Å². The summed E-state index contributed by atoms with van der Waals surface area (Å²) in [4.78, 5) is 12.4.